The molecule has 1 aromatic carbocycles. The minimum atomic E-state index is -4.73. The molecule has 61 heavy (non-hydrogen) atoms. The maximum atomic E-state index is 14.4. The number of fused-ring (bicyclic) bond motifs is 1. The van der Waals surface area contributed by atoms with Gasteiger partial charge in [-0.1, -0.05) is 127 Å². The van der Waals surface area contributed by atoms with Gasteiger partial charge in [0.25, 0.3) is 5.79 Å². The molecular formula is C44H59ClN7O8P. The first-order valence-corrected chi connectivity index (χ1v) is 23.4. The zero-order valence-corrected chi connectivity index (χ0v) is 36.8. The summed E-state index contributed by atoms with van der Waals surface area (Å²) in [5.41, 5.74) is 7.39. The van der Waals surface area contributed by atoms with E-state index >= 15 is 0 Å². The Morgan fingerprint density at radius 3 is 2.25 bits per heavy atom. The standard InChI is InChI=1S/C44H59ClN7O8P/c1-2-3-4-5-6-7-8-9-10-11-12-13-14-15-16-19-28-54-31-37(56-36-23-22-35(29-46)49-30-36)32-55-61(53,58-41-21-18-17-20-38(41)45)60-59-44(33-47)27-26-42(57-44)39-24-25-40-43(48)50-34-51-52(39)40/h17-18,20-25,30,34,37,42H,2-16,19,26-28,31-32H2,1H3,(H2,48,50,51)/t37?,42-,44+,61?/m1/s1. The fourth-order valence-electron chi connectivity index (χ4n) is 7.03. The number of nitrogen functional groups attached to an aromatic ring is 1. The van der Waals surface area contributed by atoms with Crippen molar-refractivity contribution in [2.45, 2.75) is 140 Å². The average molecular weight is 880 g/mol. The Morgan fingerprint density at radius 2 is 1.61 bits per heavy atom. The molecule has 3 aromatic heterocycles. The minimum Gasteiger partial charge on any atom is -0.484 e. The van der Waals surface area contributed by atoms with Crippen LogP contribution >= 0.6 is 19.4 Å². The molecular weight excluding hydrogens is 821 g/mol. The number of hydrogen-bond acceptors (Lipinski definition) is 14. The predicted molar refractivity (Wildman–Crippen MR) is 230 cm³/mol. The Kier molecular flexibility index (Phi) is 20.0. The molecule has 4 atom stereocenters. The van der Waals surface area contributed by atoms with E-state index in [1.807, 2.05) is 12.1 Å². The normalized spacial score (nSPS) is 17.7. The quantitative estimate of drug-likeness (QED) is 0.0224. The molecule has 1 aliphatic rings. The van der Waals surface area contributed by atoms with Crippen LogP contribution in [-0.4, -0.2) is 51.3 Å². The predicted octanol–water partition coefficient (Wildman–Crippen LogP) is 11.2. The van der Waals surface area contributed by atoms with Crippen LogP contribution in [0.25, 0.3) is 5.52 Å². The molecule has 2 N–H and O–H groups in total. The van der Waals surface area contributed by atoms with Crippen molar-refractivity contribution >= 4 is 30.8 Å². The van der Waals surface area contributed by atoms with Crippen molar-refractivity contribution in [3.63, 3.8) is 0 Å². The van der Waals surface area contributed by atoms with Crippen molar-refractivity contribution in [3.8, 4) is 23.6 Å². The molecule has 0 amide bonds. The van der Waals surface area contributed by atoms with E-state index in [1.165, 1.54) is 114 Å². The molecule has 0 radical (unpaired) electrons. The molecule has 1 aliphatic heterocycles. The highest BCUT2D eigenvalue weighted by Crippen LogP contribution is 2.53. The van der Waals surface area contributed by atoms with Gasteiger partial charge in [0.1, 0.15) is 53.4 Å². The molecule has 0 aliphatic carbocycles. The first-order chi connectivity index (χ1) is 29.8. The number of phosphoric acid groups is 1. The number of anilines is 1. The number of benzene rings is 1. The minimum absolute atomic E-state index is 0.0160. The van der Waals surface area contributed by atoms with Gasteiger partial charge in [0.2, 0.25) is 0 Å². The van der Waals surface area contributed by atoms with Crippen molar-refractivity contribution < 1.29 is 37.4 Å². The van der Waals surface area contributed by atoms with Crippen LogP contribution in [0.3, 0.4) is 0 Å². The van der Waals surface area contributed by atoms with E-state index in [2.05, 4.69) is 22.0 Å². The van der Waals surface area contributed by atoms with Crippen molar-refractivity contribution in [2.24, 2.45) is 0 Å². The van der Waals surface area contributed by atoms with Crippen LogP contribution in [0.2, 0.25) is 5.02 Å². The number of rotatable bonds is 30. The Balaban J connectivity index is 1.12. The van der Waals surface area contributed by atoms with Crippen LogP contribution < -0.4 is 15.0 Å². The molecule has 1 fully saturated rings. The van der Waals surface area contributed by atoms with Gasteiger partial charge in [0, 0.05) is 13.0 Å². The lowest BCUT2D eigenvalue weighted by molar-refractivity contribution is -0.358. The topological polar surface area (TPSA) is 198 Å². The SMILES string of the molecule is CCCCCCCCCCCCCCCCCCOCC(COP(=O)(OO[C@]1(C#N)CC[C@H](c2ccc3c(N)ncnn23)O1)Oc1ccccc1Cl)Oc1ccc(C#N)nc1. The summed E-state index contributed by atoms with van der Waals surface area (Å²) in [6.07, 6.45) is 22.0. The van der Waals surface area contributed by atoms with Crippen molar-refractivity contribution in [2.75, 3.05) is 25.6 Å². The van der Waals surface area contributed by atoms with Gasteiger partial charge >= 0.3 is 7.82 Å². The fraction of sp³-hybridized carbons (Fsp3) is 0.568. The summed E-state index contributed by atoms with van der Waals surface area (Å²) in [5, 5.41) is 23.8. The highest BCUT2D eigenvalue weighted by atomic mass is 35.5. The molecule has 0 bridgehead atoms. The van der Waals surface area contributed by atoms with Gasteiger partial charge < -0.3 is 24.5 Å². The molecule has 4 aromatic rings. The number of pyridine rings is 1. The van der Waals surface area contributed by atoms with Crippen molar-refractivity contribution in [1.82, 2.24) is 19.6 Å². The van der Waals surface area contributed by atoms with Gasteiger partial charge in [-0.2, -0.15) is 20.5 Å². The number of aromatic nitrogens is 4. The highest BCUT2D eigenvalue weighted by molar-refractivity contribution is 7.48. The molecule has 1 saturated heterocycles. The first kappa shape index (κ1) is 47.7. The van der Waals surface area contributed by atoms with Crippen molar-refractivity contribution in [1.29, 1.82) is 10.5 Å². The molecule has 2 unspecified atom stereocenters. The molecule has 5 rings (SSSR count). The van der Waals surface area contributed by atoms with Gasteiger partial charge in [-0.05, 0) is 49.2 Å². The number of halogens is 1. The van der Waals surface area contributed by atoms with Gasteiger partial charge in [-0.15, -0.1) is 4.67 Å². The summed E-state index contributed by atoms with van der Waals surface area (Å²) in [6.45, 7) is 2.43. The van der Waals surface area contributed by atoms with Crippen molar-refractivity contribution in [3.05, 3.63) is 77.5 Å². The van der Waals surface area contributed by atoms with E-state index in [4.69, 9.17) is 50.2 Å². The number of para-hydroxylation sites is 1. The summed E-state index contributed by atoms with van der Waals surface area (Å²) >= 11 is 6.36. The molecule has 0 saturated carbocycles. The van der Waals surface area contributed by atoms with Crippen LogP contribution in [0.15, 0.2) is 61.1 Å². The number of nitriles is 2. The number of nitrogens with zero attached hydrogens (tertiary/aromatic N) is 6. The molecule has 17 heteroatoms. The molecule has 330 valence electrons. The third-order valence-corrected chi connectivity index (χ3v) is 11.9. The maximum Gasteiger partial charge on any atom is 0.558 e. The lowest BCUT2D eigenvalue weighted by Crippen LogP contribution is -2.31. The number of phosphoric ester groups is 1. The molecule has 15 nitrogen and oxygen atoms in total. The van der Waals surface area contributed by atoms with E-state index in [0.717, 1.165) is 19.3 Å². The summed E-state index contributed by atoms with van der Waals surface area (Å²) in [4.78, 5) is 13.6. The van der Waals surface area contributed by atoms with Gasteiger partial charge in [0.05, 0.1) is 30.1 Å². The van der Waals surface area contributed by atoms with Crippen LogP contribution in [0.4, 0.5) is 5.82 Å². The largest absolute Gasteiger partial charge is 0.558 e. The second-order valence-corrected chi connectivity index (χ2v) is 17.1. The third-order valence-electron chi connectivity index (χ3n) is 10.4. The summed E-state index contributed by atoms with van der Waals surface area (Å²) < 4.78 is 51.1. The van der Waals surface area contributed by atoms with E-state index < -0.39 is 25.8 Å². The summed E-state index contributed by atoms with van der Waals surface area (Å²) in [7, 11) is -4.73. The molecule has 0 spiro atoms. The van der Waals surface area contributed by atoms with E-state index in [9.17, 15) is 15.1 Å². The van der Waals surface area contributed by atoms with Gasteiger partial charge in [-0.25, -0.2) is 19.0 Å². The lowest BCUT2D eigenvalue weighted by atomic mass is 10.0. The monoisotopic (exact) mass is 879 g/mol. The Hall–Kier alpha value is -4.31. The number of unbranched alkanes of at least 4 members (excludes halogenated alkanes) is 15. The second kappa shape index (κ2) is 25.6. The first-order valence-electron chi connectivity index (χ1n) is 21.6. The Labute approximate surface area is 364 Å². The van der Waals surface area contributed by atoms with Gasteiger partial charge in [0.15, 0.2) is 5.82 Å². The van der Waals surface area contributed by atoms with Crippen LogP contribution in [0, 0.1) is 22.7 Å². The number of ether oxygens (including phenoxy) is 3. The lowest BCUT2D eigenvalue weighted by Gasteiger charge is -2.25. The second-order valence-electron chi connectivity index (χ2n) is 15.2. The molecule has 4 heterocycles. The highest BCUT2D eigenvalue weighted by Gasteiger charge is 2.48. The van der Waals surface area contributed by atoms with E-state index in [0.29, 0.717) is 30.0 Å². The van der Waals surface area contributed by atoms with Crippen LogP contribution in [0.1, 0.15) is 140 Å². The Morgan fingerprint density at radius 1 is 0.918 bits per heavy atom. The number of hydrogen-bond donors (Lipinski definition) is 1. The average Bonchev–Trinajstić information content (AvgIpc) is 3.91. The van der Waals surface area contributed by atoms with E-state index in [1.54, 1.807) is 34.8 Å². The zero-order chi connectivity index (χ0) is 43.2. The third kappa shape index (κ3) is 15.5. The summed E-state index contributed by atoms with van der Waals surface area (Å²) in [5.74, 6) is -1.39. The van der Waals surface area contributed by atoms with Crippen LogP contribution in [0.5, 0.6) is 11.5 Å². The Bertz CT molecular complexity index is 2040. The fourth-order valence-corrected chi connectivity index (χ4v) is 8.35. The van der Waals surface area contributed by atoms with Crippen LogP contribution in [-0.2, 0) is 28.1 Å². The maximum absolute atomic E-state index is 14.4. The zero-order valence-electron chi connectivity index (χ0n) is 35.1. The smallest absolute Gasteiger partial charge is 0.484 e. The number of nitrogens with two attached hydrogens (primary N) is 1. The van der Waals surface area contributed by atoms with E-state index in [-0.39, 0.29) is 41.9 Å². The van der Waals surface area contributed by atoms with Gasteiger partial charge in [-0.3, -0.25) is 4.52 Å². The summed E-state index contributed by atoms with van der Waals surface area (Å²) in [6, 6.07) is 16.9.